The molecule has 7 heteroatoms. The van der Waals surface area contributed by atoms with Gasteiger partial charge in [-0.15, -0.1) is 0 Å². The van der Waals surface area contributed by atoms with Crippen molar-refractivity contribution in [3.8, 4) is 0 Å². The lowest BCUT2D eigenvalue weighted by Gasteiger charge is -2.16. The number of sulfonamides is 1. The molecular weight excluding hydrogens is 324 g/mol. The number of rotatable bonds is 5. The van der Waals surface area contributed by atoms with Gasteiger partial charge in [-0.3, -0.25) is 0 Å². The van der Waals surface area contributed by atoms with Crippen molar-refractivity contribution in [3.05, 3.63) is 53.5 Å². The Balaban J connectivity index is 1.78. The molecule has 0 bridgehead atoms. The maximum Gasteiger partial charge on any atom is 0.246 e. The summed E-state index contributed by atoms with van der Waals surface area (Å²) in [4.78, 5) is -0.552. The molecule has 2 atom stereocenters. The predicted molar refractivity (Wildman–Crippen MR) is 80.2 cm³/mol. The van der Waals surface area contributed by atoms with E-state index in [4.69, 9.17) is 4.42 Å². The topological polar surface area (TPSA) is 50.5 Å². The molecule has 1 aromatic carbocycles. The molecule has 0 saturated heterocycles. The van der Waals surface area contributed by atoms with Gasteiger partial charge >= 0.3 is 0 Å². The Morgan fingerprint density at radius 2 is 1.96 bits per heavy atom. The van der Waals surface area contributed by atoms with E-state index in [9.17, 15) is 17.2 Å². The standard InChI is InChI=1S/C16H17F2NO3S/c1-10-7-13(10)15-5-4-12(22-15)9-19(2)23(20,21)16-6-3-11(17)8-14(16)18/h3-6,8,10,13H,7,9H2,1-2H3. The van der Waals surface area contributed by atoms with Crippen molar-refractivity contribution in [1.29, 1.82) is 0 Å². The molecule has 2 aromatic rings. The van der Waals surface area contributed by atoms with E-state index in [1.807, 2.05) is 6.07 Å². The summed E-state index contributed by atoms with van der Waals surface area (Å²) in [5, 5.41) is 0. The lowest BCUT2D eigenvalue weighted by Crippen LogP contribution is -2.27. The highest BCUT2D eigenvalue weighted by Crippen LogP contribution is 2.47. The number of hydrogen-bond acceptors (Lipinski definition) is 3. The lowest BCUT2D eigenvalue weighted by molar-refractivity contribution is 0.388. The normalized spacial score (nSPS) is 20.9. The largest absolute Gasteiger partial charge is 0.464 e. The molecule has 0 spiro atoms. The molecule has 0 amide bonds. The van der Waals surface area contributed by atoms with Gasteiger partial charge in [0.2, 0.25) is 10.0 Å². The van der Waals surface area contributed by atoms with Crippen LogP contribution in [-0.2, 0) is 16.6 Å². The molecule has 2 unspecified atom stereocenters. The van der Waals surface area contributed by atoms with E-state index in [2.05, 4.69) is 6.92 Å². The van der Waals surface area contributed by atoms with E-state index in [-0.39, 0.29) is 6.54 Å². The molecule has 1 saturated carbocycles. The molecule has 1 heterocycles. The molecule has 1 aromatic heterocycles. The van der Waals surface area contributed by atoms with Gasteiger partial charge in [-0.1, -0.05) is 6.92 Å². The first-order valence-electron chi connectivity index (χ1n) is 7.29. The number of hydrogen-bond donors (Lipinski definition) is 0. The van der Waals surface area contributed by atoms with Crippen molar-refractivity contribution in [2.45, 2.75) is 30.7 Å². The second-order valence-electron chi connectivity index (χ2n) is 5.96. The van der Waals surface area contributed by atoms with Crippen LogP contribution in [0.5, 0.6) is 0 Å². The second kappa shape index (κ2) is 5.72. The smallest absolute Gasteiger partial charge is 0.246 e. The number of benzene rings is 1. The molecule has 0 radical (unpaired) electrons. The van der Waals surface area contributed by atoms with Crippen LogP contribution in [0.1, 0.15) is 30.8 Å². The molecule has 1 aliphatic carbocycles. The molecule has 1 fully saturated rings. The van der Waals surface area contributed by atoms with Crippen LogP contribution in [0.25, 0.3) is 0 Å². The Morgan fingerprint density at radius 1 is 1.26 bits per heavy atom. The minimum absolute atomic E-state index is 0.0136. The van der Waals surface area contributed by atoms with Crippen LogP contribution in [0, 0.1) is 17.6 Å². The third-order valence-corrected chi connectivity index (χ3v) is 5.95. The highest BCUT2D eigenvalue weighted by Gasteiger charge is 2.36. The highest BCUT2D eigenvalue weighted by molar-refractivity contribution is 7.89. The molecule has 0 N–H and O–H groups in total. The van der Waals surface area contributed by atoms with Crippen LogP contribution < -0.4 is 0 Å². The average Bonchev–Trinajstić information content (AvgIpc) is 3.01. The van der Waals surface area contributed by atoms with Crippen LogP contribution in [0.4, 0.5) is 8.78 Å². The van der Waals surface area contributed by atoms with Gasteiger partial charge in [-0.25, -0.2) is 17.2 Å². The Morgan fingerprint density at radius 3 is 2.57 bits per heavy atom. The van der Waals surface area contributed by atoms with Crippen LogP contribution in [0.2, 0.25) is 0 Å². The van der Waals surface area contributed by atoms with Crippen molar-refractivity contribution < 1.29 is 21.6 Å². The molecule has 4 nitrogen and oxygen atoms in total. The van der Waals surface area contributed by atoms with Gasteiger partial charge in [0.1, 0.15) is 28.1 Å². The Hall–Kier alpha value is -1.73. The van der Waals surface area contributed by atoms with Gasteiger partial charge in [-0.2, -0.15) is 4.31 Å². The molecule has 0 aliphatic heterocycles. The van der Waals surface area contributed by atoms with Gasteiger partial charge < -0.3 is 4.42 Å². The van der Waals surface area contributed by atoms with Crippen LogP contribution in [0.15, 0.2) is 39.6 Å². The van der Waals surface area contributed by atoms with E-state index >= 15 is 0 Å². The third-order valence-electron chi connectivity index (χ3n) is 4.12. The van der Waals surface area contributed by atoms with E-state index in [0.717, 1.165) is 28.6 Å². The highest BCUT2D eigenvalue weighted by atomic mass is 32.2. The maximum absolute atomic E-state index is 13.7. The Kier molecular flexibility index (Phi) is 4.01. The second-order valence-corrected chi connectivity index (χ2v) is 7.97. The van der Waals surface area contributed by atoms with Gasteiger partial charge in [0.25, 0.3) is 0 Å². The zero-order chi connectivity index (χ0) is 16.8. The van der Waals surface area contributed by atoms with E-state index < -0.39 is 26.6 Å². The van der Waals surface area contributed by atoms with Crippen molar-refractivity contribution in [1.82, 2.24) is 4.31 Å². The molecule has 124 valence electrons. The summed E-state index contributed by atoms with van der Waals surface area (Å²) < 4.78 is 58.1. The summed E-state index contributed by atoms with van der Waals surface area (Å²) in [6, 6.07) is 5.98. The maximum atomic E-state index is 13.7. The fourth-order valence-corrected chi connectivity index (χ4v) is 3.73. The van der Waals surface area contributed by atoms with Crippen molar-refractivity contribution in [2.75, 3.05) is 7.05 Å². The minimum atomic E-state index is -4.06. The van der Waals surface area contributed by atoms with Crippen LogP contribution >= 0.6 is 0 Å². The summed E-state index contributed by atoms with van der Waals surface area (Å²) in [6.07, 6.45) is 1.07. The first-order chi connectivity index (χ1) is 10.8. The minimum Gasteiger partial charge on any atom is -0.464 e. The number of halogens is 2. The quantitative estimate of drug-likeness (QED) is 0.836. The molecule has 3 rings (SSSR count). The van der Waals surface area contributed by atoms with E-state index in [1.165, 1.54) is 7.05 Å². The summed E-state index contributed by atoms with van der Waals surface area (Å²) in [5.41, 5.74) is 0. The SMILES string of the molecule is CC1CC1c1ccc(CN(C)S(=O)(=O)c2ccc(F)cc2F)o1. The first-order valence-corrected chi connectivity index (χ1v) is 8.73. The predicted octanol–water partition coefficient (Wildman–Crippen LogP) is 3.50. The monoisotopic (exact) mass is 341 g/mol. The van der Waals surface area contributed by atoms with Gasteiger partial charge in [0.15, 0.2) is 0 Å². The summed E-state index contributed by atoms with van der Waals surface area (Å²) in [6.45, 7) is 2.11. The van der Waals surface area contributed by atoms with Crippen LogP contribution in [-0.4, -0.2) is 19.8 Å². The van der Waals surface area contributed by atoms with Gasteiger partial charge in [0.05, 0.1) is 6.54 Å². The fourth-order valence-electron chi connectivity index (χ4n) is 2.55. The number of furan rings is 1. The summed E-state index contributed by atoms with van der Waals surface area (Å²) >= 11 is 0. The van der Waals surface area contributed by atoms with E-state index in [1.54, 1.807) is 6.07 Å². The molecular formula is C16H17F2NO3S. The third kappa shape index (κ3) is 3.16. The zero-order valence-corrected chi connectivity index (χ0v) is 13.6. The summed E-state index contributed by atoms with van der Waals surface area (Å²) in [5.74, 6) is 0.407. The fraction of sp³-hybridized carbons (Fsp3) is 0.375. The lowest BCUT2D eigenvalue weighted by atomic mass is 10.3. The van der Waals surface area contributed by atoms with E-state index in [0.29, 0.717) is 23.7 Å². The summed E-state index contributed by atoms with van der Waals surface area (Å²) in [7, 11) is -2.73. The van der Waals surface area contributed by atoms with Crippen molar-refractivity contribution in [3.63, 3.8) is 0 Å². The Labute approximate surface area is 133 Å². The average molecular weight is 341 g/mol. The van der Waals surface area contributed by atoms with Gasteiger partial charge in [0, 0.05) is 19.0 Å². The Bertz CT molecular complexity index is 832. The molecule has 23 heavy (non-hydrogen) atoms. The van der Waals surface area contributed by atoms with Crippen LogP contribution in [0.3, 0.4) is 0 Å². The van der Waals surface area contributed by atoms with Crippen molar-refractivity contribution in [2.24, 2.45) is 5.92 Å². The number of nitrogens with zero attached hydrogens (tertiary/aromatic N) is 1. The zero-order valence-electron chi connectivity index (χ0n) is 12.8. The van der Waals surface area contributed by atoms with Crippen molar-refractivity contribution >= 4 is 10.0 Å². The first kappa shape index (κ1) is 16.1. The molecule has 1 aliphatic rings. The van der Waals surface area contributed by atoms with Gasteiger partial charge in [-0.05, 0) is 36.6 Å².